The molecule has 9 heteroatoms. The lowest BCUT2D eigenvalue weighted by Crippen LogP contribution is -2.30. The number of azide groups is 1. The highest BCUT2D eigenvalue weighted by Gasteiger charge is 2.10. The summed E-state index contributed by atoms with van der Waals surface area (Å²) in [6, 6.07) is 5.79. The van der Waals surface area contributed by atoms with Crippen molar-refractivity contribution >= 4 is 17.7 Å². The van der Waals surface area contributed by atoms with Gasteiger partial charge in [0.25, 0.3) is 0 Å². The van der Waals surface area contributed by atoms with Gasteiger partial charge in [0.15, 0.2) is 0 Å². The fourth-order valence-electron chi connectivity index (χ4n) is 1.71. The summed E-state index contributed by atoms with van der Waals surface area (Å²) in [4.78, 5) is 24.7. The van der Waals surface area contributed by atoms with Gasteiger partial charge in [-0.2, -0.15) is 0 Å². The lowest BCUT2D eigenvalue weighted by molar-refractivity contribution is -0.138. The molecular weight excluding hydrogens is 302 g/mol. The van der Waals surface area contributed by atoms with Crippen molar-refractivity contribution in [3.63, 3.8) is 0 Å². The quantitative estimate of drug-likeness (QED) is 0.276. The van der Waals surface area contributed by atoms with E-state index in [1.807, 2.05) is 0 Å². The Morgan fingerprint density at radius 1 is 1.35 bits per heavy atom. The molecule has 1 atom stereocenters. The Labute approximate surface area is 133 Å². The van der Waals surface area contributed by atoms with Crippen LogP contribution in [-0.4, -0.2) is 29.8 Å². The standard InChI is InChI=1S/C14H19N5O4/c15-12(13(20)21)3-1-2-8-17-14(22)23-9-10-4-6-11(7-5-10)18-19-16/h4-7,12H,1-3,8-9,15H2,(H,17,22)(H,20,21). The summed E-state index contributed by atoms with van der Waals surface area (Å²) in [6.07, 6.45) is 1.04. The zero-order chi connectivity index (χ0) is 17.1. The Balaban J connectivity index is 2.17. The van der Waals surface area contributed by atoms with Gasteiger partial charge in [0.05, 0.1) is 0 Å². The second kappa shape index (κ2) is 10.0. The van der Waals surface area contributed by atoms with Crippen LogP contribution in [-0.2, 0) is 16.1 Å². The van der Waals surface area contributed by atoms with E-state index in [4.69, 9.17) is 21.1 Å². The number of ether oxygens (including phenoxy) is 1. The molecule has 0 aliphatic carbocycles. The monoisotopic (exact) mass is 321 g/mol. The van der Waals surface area contributed by atoms with Gasteiger partial charge in [-0.1, -0.05) is 29.4 Å². The minimum Gasteiger partial charge on any atom is -0.480 e. The predicted molar refractivity (Wildman–Crippen MR) is 82.9 cm³/mol. The maximum atomic E-state index is 11.5. The van der Waals surface area contributed by atoms with Crippen LogP contribution in [0, 0.1) is 0 Å². The molecule has 124 valence electrons. The lowest BCUT2D eigenvalue weighted by atomic mass is 10.1. The maximum absolute atomic E-state index is 11.5. The highest BCUT2D eigenvalue weighted by atomic mass is 16.5. The number of carboxylic acid groups (broad SMARTS) is 1. The first-order valence-electron chi connectivity index (χ1n) is 7.06. The van der Waals surface area contributed by atoms with Gasteiger partial charge in [-0.05, 0) is 30.4 Å². The molecule has 0 aliphatic heterocycles. The molecule has 9 nitrogen and oxygen atoms in total. The second-order valence-electron chi connectivity index (χ2n) is 4.80. The van der Waals surface area contributed by atoms with E-state index in [-0.39, 0.29) is 6.61 Å². The summed E-state index contributed by atoms with van der Waals surface area (Å²) >= 11 is 0. The first-order chi connectivity index (χ1) is 11.0. The zero-order valence-corrected chi connectivity index (χ0v) is 12.5. The van der Waals surface area contributed by atoms with Crippen molar-refractivity contribution in [2.75, 3.05) is 6.54 Å². The van der Waals surface area contributed by atoms with Gasteiger partial charge in [0.2, 0.25) is 0 Å². The number of aliphatic carboxylic acids is 1. The van der Waals surface area contributed by atoms with Crippen LogP contribution >= 0.6 is 0 Å². The van der Waals surface area contributed by atoms with Gasteiger partial charge in [0, 0.05) is 17.1 Å². The summed E-state index contributed by atoms with van der Waals surface area (Å²) < 4.78 is 5.02. The van der Waals surface area contributed by atoms with Crippen LogP contribution in [0.25, 0.3) is 10.4 Å². The summed E-state index contributed by atoms with van der Waals surface area (Å²) in [5, 5.41) is 14.6. The number of unbranched alkanes of at least 4 members (excludes halogenated alkanes) is 1. The van der Waals surface area contributed by atoms with E-state index in [1.54, 1.807) is 24.3 Å². The first kappa shape index (κ1) is 18.3. The molecule has 0 saturated carbocycles. The van der Waals surface area contributed by atoms with Crippen LogP contribution < -0.4 is 11.1 Å². The normalized spacial score (nSPS) is 11.2. The van der Waals surface area contributed by atoms with Crippen LogP contribution in [0.2, 0.25) is 0 Å². The average molecular weight is 321 g/mol. The summed E-state index contributed by atoms with van der Waals surface area (Å²) in [6.45, 7) is 0.493. The molecule has 1 amide bonds. The van der Waals surface area contributed by atoms with Crippen molar-refractivity contribution < 1.29 is 19.4 Å². The average Bonchev–Trinajstić information content (AvgIpc) is 2.54. The lowest BCUT2D eigenvalue weighted by Gasteiger charge is -2.08. The third-order valence-electron chi connectivity index (χ3n) is 2.99. The van der Waals surface area contributed by atoms with Crippen LogP contribution in [0.3, 0.4) is 0 Å². The number of rotatable bonds is 9. The SMILES string of the molecule is [N-]=[N+]=Nc1ccc(COC(=O)NCCCCC(N)C(=O)O)cc1. The number of carboxylic acids is 1. The molecule has 0 bridgehead atoms. The molecule has 0 saturated heterocycles. The minimum absolute atomic E-state index is 0.103. The molecular formula is C14H19N5O4. The first-order valence-corrected chi connectivity index (χ1v) is 7.06. The molecule has 0 aliphatic rings. The van der Waals surface area contributed by atoms with E-state index < -0.39 is 18.1 Å². The molecule has 1 aromatic rings. The zero-order valence-electron chi connectivity index (χ0n) is 12.5. The predicted octanol–water partition coefficient (Wildman–Crippen LogP) is 2.44. The Kier molecular flexibility index (Phi) is 7.98. The number of amides is 1. The third-order valence-corrected chi connectivity index (χ3v) is 2.99. The number of hydrogen-bond donors (Lipinski definition) is 3. The van der Waals surface area contributed by atoms with Gasteiger partial charge >= 0.3 is 12.1 Å². The summed E-state index contributed by atoms with van der Waals surface area (Å²) in [5.41, 5.74) is 14.9. The fourth-order valence-corrected chi connectivity index (χ4v) is 1.71. The van der Waals surface area contributed by atoms with Crippen molar-refractivity contribution in [3.8, 4) is 0 Å². The van der Waals surface area contributed by atoms with Crippen molar-refractivity contribution in [2.24, 2.45) is 10.8 Å². The molecule has 4 N–H and O–H groups in total. The third kappa shape index (κ3) is 7.70. The van der Waals surface area contributed by atoms with E-state index in [0.717, 1.165) is 5.56 Å². The summed E-state index contributed by atoms with van der Waals surface area (Å²) in [5.74, 6) is -1.02. The minimum atomic E-state index is -1.02. The number of nitrogens with two attached hydrogens (primary N) is 1. The molecule has 0 spiro atoms. The highest BCUT2D eigenvalue weighted by molar-refractivity contribution is 5.72. The molecule has 23 heavy (non-hydrogen) atoms. The van der Waals surface area contributed by atoms with Gasteiger partial charge in [-0.15, -0.1) is 0 Å². The van der Waals surface area contributed by atoms with Crippen LogP contribution in [0.1, 0.15) is 24.8 Å². The van der Waals surface area contributed by atoms with Crippen LogP contribution in [0.5, 0.6) is 0 Å². The van der Waals surface area contributed by atoms with Gasteiger partial charge in [-0.25, -0.2) is 4.79 Å². The number of nitrogens with zero attached hydrogens (tertiary/aromatic N) is 3. The molecule has 1 rings (SSSR count). The number of alkyl carbamates (subject to hydrolysis) is 1. The van der Waals surface area contributed by atoms with Crippen molar-refractivity contribution in [3.05, 3.63) is 40.3 Å². The number of nitrogens with one attached hydrogen (secondary N) is 1. The van der Waals surface area contributed by atoms with Crippen LogP contribution in [0.15, 0.2) is 29.4 Å². The molecule has 0 fully saturated rings. The van der Waals surface area contributed by atoms with Gasteiger partial charge in [0.1, 0.15) is 12.6 Å². The summed E-state index contributed by atoms with van der Waals surface area (Å²) in [7, 11) is 0. The van der Waals surface area contributed by atoms with Gasteiger partial charge in [-0.3, -0.25) is 4.79 Å². The molecule has 0 aromatic heterocycles. The Morgan fingerprint density at radius 2 is 2.04 bits per heavy atom. The number of hydrogen-bond acceptors (Lipinski definition) is 5. The van der Waals surface area contributed by atoms with E-state index in [0.29, 0.717) is 31.5 Å². The van der Waals surface area contributed by atoms with E-state index in [2.05, 4.69) is 15.3 Å². The van der Waals surface area contributed by atoms with Gasteiger partial charge < -0.3 is 20.9 Å². The Bertz CT molecular complexity index is 569. The number of carbonyl (C=O) groups is 2. The van der Waals surface area contributed by atoms with E-state index in [9.17, 15) is 9.59 Å². The topological polar surface area (TPSA) is 150 Å². The smallest absolute Gasteiger partial charge is 0.407 e. The molecule has 0 heterocycles. The highest BCUT2D eigenvalue weighted by Crippen LogP contribution is 2.13. The molecule has 1 unspecified atom stereocenters. The Hall–Kier alpha value is -2.77. The fraction of sp³-hybridized carbons (Fsp3) is 0.429. The van der Waals surface area contributed by atoms with E-state index >= 15 is 0 Å². The number of benzene rings is 1. The maximum Gasteiger partial charge on any atom is 0.407 e. The van der Waals surface area contributed by atoms with Crippen molar-refractivity contribution in [1.82, 2.24) is 5.32 Å². The van der Waals surface area contributed by atoms with Crippen molar-refractivity contribution in [2.45, 2.75) is 31.9 Å². The molecule has 1 aromatic carbocycles. The van der Waals surface area contributed by atoms with Crippen molar-refractivity contribution in [1.29, 1.82) is 0 Å². The molecule has 0 radical (unpaired) electrons. The van der Waals surface area contributed by atoms with E-state index in [1.165, 1.54) is 0 Å². The number of carbonyl (C=O) groups excluding carboxylic acids is 1. The Morgan fingerprint density at radius 3 is 2.65 bits per heavy atom. The van der Waals surface area contributed by atoms with Crippen LogP contribution in [0.4, 0.5) is 10.5 Å². The second-order valence-corrected chi connectivity index (χ2v) is 4.80. The largest absolute Gasteiger partial charge is 0.480 e.